The normalized spacial score (nSPS) is 12.6. The summed E-state index contributed by atoms with van der Waals surface area (Å²) in [5, 5.41) is 20.8. The third kappa shape index (κ3) is 4.06. The van der Waals surface area contributed by atoms with E-state index in [9.17, 15) is 14.9 Å². The summed E-state index contributed by atoms with van der Waals surface area (Å²) in [7, 11) is 0. The lowest BCUT2D eigenvalue weighted by atomic mass is 10.2. The molecule has 0 bridgehead atoms. The number of carbonyl (C=O) groups is 1. The molecule has 13 heteroatoms. The number of amides is 1. The molecule has 4 aromatic heterocycles. The van der Waals surface area contributed by atoms with E-state index in [1.807, 2.05) is 42.8 Å². The molecule has 1 N–H and O–H groups in total. The minimum atomic E-state index is -0.522. The quantitative estimate of drug-likeness (QED) is 0.221. The van der Waals surface area contributed by atoms with Gasteiger partial charge in [0.2, 0.25) is 0 Å². The molecular formula is C23H15N7O3S3. The number of rotatable bonds is 5. The first-order valence-electron chi connectivity index (χ1n) is 10.6. The molecule has 0 radical (unpaired) electrons. The van der Waals surface area contributed by atoms with Crippen LogP contribution in [-0.2, 0) is 0 Å². The summed E-state index contributed by atoms with van der Waals surface area (Å²) < 4.78 is 1.71. The van der Waals surface area contributed by atoms with Gasteiger partial charge in [-0.1, -0.05) is 11.3 Å². The minimum Gasteiger partial charge on any atom is -0.305 e. The lowest BCUT2D eigenvalue weighted by molar-refractivity contribution is -0.380. The Morgan fingerprint density at radius 3 is 2.86 bits per heavy atom. The number of aryl methyl sites for hydroxylation is 1. The van der Waals surface area contributed by atoms with Gasteiger partial charge in [-0.25, -0.2) is 14.6 Å². The van der Waals surface area contributed by atoms with E-state index in [0.29, 0.717) is 16.9 Å². The molecule has 0 atom stereocenters. The number of thioether (sulfide) groups is 1. The van der Waals surface area contributed by atoms with Gasteiger partial charge in [0.15, 0.2) is 11.5 Å². The van der Waals surface area contributed by atoms with E-state index in [2.05, 4.69) is 20.4 Å². The van der Waals surface area contributed by atoms with Crippen LogP contribution < -0.4 is 5.32 Å². The van der Waals surface area contributed by atoms with Gasteiger partial charge in [0.25, 0.3) is 5.91 Å². The van der Waals surface area contributed by atoms with Crippen LogP contribution in [-0.4, -0.2) is 42.5 Å². The Morgan fingerprint density at radius 1 is 1.19 bits per heavy atom. The Morgan fingerprint density at radius 2 is 2.08 bits per heavy atom. The number of benzene rings is 1. The SMILES string of the molecule is Cc1cc(-n2ncc3c(NC(=O)c4ccc([N+](=O)[O-])s4)nc(-c4ccc5c(c4)N=CCS5)nc32)cs1. The zero-order valence-electron chi connectivity index (χ0n) is 18.5. The number of hydrogen-bond donors (Lipinski definition) is 1. The Kier molecular flexibility index (Phi) is 5.59. The van der Waals surface area contributed by atoms with E-state index in [1.54, 1.807) is 34.0 Å². The van der Waals surface area contributed by atoms with Gasteiger partial charge in [-0.15, -0.1) is 23.1 Å². The third-order valence-electron chi connectivity index (χ3n) is 5.38. The van der Waals surface area contributed by atoms with Crippen LogP contribution in [0.4, 0.5) is 16.5 Å². The van der Waals surface area contributed by atoms with Crippen molar-refractivity contribution in [3.8, 4) is 17.1 Å². The van der Waals surface area contributed by atoms with Crippen molar-refractivity contribution in [3.63, 3.8) is 0 Å². The molecule has 0 saturated heterocycles. The topological polar surface area (TPSA) is 128 Å². The zero-order chi connectivity index (χ0) is 24.8. The van der Waals surface area contributed by atoms with Crippen molar-refractivity contribution < 1.29 is 9.72 Å². The van der Waals surface area contributed by atoms with Crippen LogP contribution in [0.15, 0.2) is 57.9 Å². The molecule has 1 aliphatic rings. The van der Waals surface area contributed by atoms with Gasteiger partial charge >= 0.3 is 5.00 Å². The molecular weight excluding hydrogens is 519 g/mol. The highest BCUT2D eigenvalue weighted by Gasteiger charge is 2.21. The fourth-order valence-electron chi connectivity index (χ4n) is 3.72. The van der Waals surface area contributed by atoms with E-state index in [0.717, 1.165) is 43.8 Å². The van der Waals surface area contributed by atoms with Gasteiger partial charge < -0.3 is 5.32 Å². The number of anilines is 1. The standard InChI is InChI=1S/C23H15N7O3S3/c1-12-8-14(11-35-12)29-22-15(10-25-29)21(28-23(31)18-4-5-19(36-18)30(32)33)26-20(27-22)13-2-3-17-16(9-13)24-6-7-34-17/h2-6,8-11H,7H2,1H3,(H,26,27,28,31). The molecule has 5 heterocycles. The average molecular weight is 534 g/mol. The van der Waals surface area contributed by atoms with Gasteiger partial charge in [0, 0.05) is 38.7 Å². The van der Waals surface area contributed by atoms with Crippen LogP contribution in [0.2, 0.25) is 0 Å². The van der Waals surface area contributed by atoms with Crippen molar-refractivity contribution in [2.75, 3.05) is 11.1 Å². The number of nitrogens with one attached hydrogen (secondary N) is 1. The van der Waals surface area contributed by atoms with Crippen molar-refractivity contribution in [3.05, 3.63) is 67.8 Å². The van der Waals surface area contributed by atoms with Gasteiger partial charge in [0.05, 0.1) is 32.8 Å². The predicted molar refractivity (Wildman–Crippen MR) is 143 cm³/mol. The van der Waals surface area contributed by atoms with Crippen LogP contribution in [0.5, 0.6) is 0 Å². The summed E-state index contributed by atoms with van der Waals surface area (Å²) in [5.74, 6) is 0.997. The summed E-state index contributed by atoms with van der Waals surface area (Å²) in [6.07, 6.45) is 3.47. The number of nitrogens with zero attached hydrogens (tertiary/aromatic N) is 6. The molecule has 36 heavy (non-hydrogen) atoms. The number of aliphatic imine (C=N–C) groups is 1. The lowest BCUT2D eigenvalue weighted by Gasteiger charge is -2.12. The molecule has 178 valence electrons. The summed E-state index contributed by atoms with van der Waals surface area (Å²) in [6.45, 7) is 2.01. The molecule has 1 aromatic carbocycles. The first-order valence-corrected chi connectivity index (χ1v) is 13.3. The summed E-state index contributed by atoms with van der Waals surface area (Å²) in [4.78, 5) is 39.9. The molecule has 0 fully saturated rings. The van der Waals surface area contributed by atoms with Crippen molar-refractivity contribution in [2.45, 2.75) is 11.8 Å². The first kappa shape index (κ1) is 22.5. The minimum absolute atomic E-state index is 0.109. The highest BCUT2D eigenvalue weighted by Crippen LogP contribution is 2.36. The van der Waals surface area contributed by atoms with Gasteiger partial charge in [-0.05, 0) is 37.3 Å². The van der Waals surface area contributed by atoms with E-state index in [-0.39, 0.29) is 15.7 Å². The van der Waals surface area contributed by atoms with E-state index >= 15 is 0 Å². The van der Waals surface area contributed by atoms with Crippen molar-refractivity contribution >= 4 is 74.1 Å². The number of carbonyl (C=O) groups excluding carboxylic acids is 1. The monoisotopic (exact) mass is 533 g/mol. The Hall–Kier alpha value is -3.94. The van der Waals surface area contributed by atoms with E-state index in [1.165, 1.54) is 12.1 Å². The maximum Gasteiger partial charge on any atom is 0.324 e. The maximum absolute atomic E-state index is 13.0. The second-order valence-corrected chi connectivity index (χ2v) is 11.0. The Labute approximate surface area is 215 Å². The number of thiophene rings is 2. The first-order chi connectivity index (χ1) is 17.5. The third-order valence-corrected chi connectivity index (χ3v) is 8.23. The highest BCUT2D eigenvalue weighted by atomic mass is 32.2. The lowest BCUT2D eigenvalue weighted by Crippen LogP contribution is -2.12. The van der Waals surface area contributed by atoms with Crippen molar-refractivity contribution in [1.29, 1.82) is 0 Å². The van der Waals surface area contributed by atoms with Crippen LogP contribution in [0.3, 0.4) is 0 Å². The number of nitro groups is 1. The second kappa shape index (κ2) is 8.93. The zero-order valence-corrected chi connectivity index (χ0v) is 21.0. The van der Waals surface area contributed by atoms with Crippen molar-refractivity contribution in [1.82, 2.24) is 19.7 Å². The number of hydrogen-bond acceptors (Lipinski definition) is 10. The molecule has 1 amide bonds. The summed E-state index contributed by atoms with van der Waals surface area (Å²) in [6, 6.07) is 10.6. The molecule has 0 aliphatic carbocycles. The maximum atomic E-state index is 13.0. The molecule has 0 unspecified atom stereocenters. The molecule has 5 aromatic rings. The van der Waals surface area contributed by atoms with Gasteiger partial charge in [0.1, 0.15) is 5.82 Å². The number of fused-ring (bicyclic) bond motifs is 2. The van der Waals surface area contributed by atoms with Gasteiger partial charge in [-0.3, -0.25) is 19.9 Å². The van der Waals surface area contributed by atoms with Crippen LogP contribution in [0, 0.1) is 17.0 Å². The Bertz CT molecular complexity index is 1700. The molecule has 10 nitrogen and oxygen atoms in total. The van der Waals surface area contributed by atoms with E-state index in [4.69, 9.17) is 4.98 Å². The molecule has 1 aliphatic heterocycles. The number of aromatic nitrogens is 4. The fraction of sp³-hybridized carbons (Fsp3) is 0.0870. The van der Waals surface area contributed by atoms with Gasteiger partial charge in [-0.2, -0.15) is 5.10 Å². The Balaban J connectivity index is 1.48. The summed E-state index contributed by atoms with van der Waals surface area (Å²) >= 11 is 4.11. The fourth-order valence-corrected chi connectivity index (χ4v) is 5.85. The summed E-state index contributed by atoms with van der Waals surface area (Å²) in [5.41, 5.74) is 2.97. The van der Waals surface area contributed by atoms with Crippen molar-refractivity contribution in [2.24, 2.45) is 4.99 Å². The van der Waals surface area contributed by atoms with E-state index < -0.39 is 10.8 Å². The molecule has 0 spiro atoms. The van der Waals surface area contributed by atoms with Crippen LogP contribution >= 0.6 is 34.4 Å². The molecule has 0 saturated carbocycles. The average Bonchev–Trinajstić information content (AvgIpc) is 3.63. The highest BCUT2D eigenvalue weighted by molar-refractivity contribution is 8.00. The smallest absolute Gasteiger partial charge is 0.305 e. The van der Waals surface area contributed by atoms with Crippen LogP contribution in [0.1, 0.15) is 14.5 Å². The largest absolute Gasteiger partial charge is 0.324 e. The predicted octanol–water partition coefficient (Wildman–Crippen LogP) is 5.88. The van der Waals surface area contributed by atoms with Crippen LogP contribution in [0.25, 0.3) is 28.1 Å². The molecule has 6 rings (SSSR count). The second-order valence-electron chi connectivity index (χ2n) is 7.76.